The molecule has 1 atom stereocenters. The van der Waals surface area contributed by atoms with Crippen LogP contribution in [0.4, 0.5) is 4.79 Å². The van der Waals surface area contributed by atoms with E-state index in [9.17, 15) is 9.59 Å². The van der Waals surface area contributed by atoms with Crippen LogP contribution in [0, 0.1) is 0 Å². The Hall–Kier alpha value is -2.12. The molecule has 104 valence electrons. The number of carboxylic acids is 1. The number of carbonyl (C=O) groups excluding carboxylic acids is 1. The van der Waals surface area contributed by atoms with Gasteiger partial charge in [0.2, 0.25) is 0 Å². The van der Waals surface area contributed by atoms with Crippen molar-refractivity contribution in [1.29, 1.82) is 0 Å². The highest BCUT2D eigenvalue weighted by Gasteiger charge is 2.31. The Morgan fingerprint density at radius 2 is 2.32 bits per heavy atom. The van der Waals surface area contributed by atoms with Gasteiger partial charge in [0, 0.05) is 13.6 Å². The van der Waals surface area contributed by atoms with Gasteiger partial charge in [-0.25, -0.2) is 14.6 Å². The van der Waals surface area contributed by atoms with Gasteiger partial charge in [0.25, 0.3) is 0 Å². The molecular weight excluding hydrogens is 250 g/mol. The first kappa shape index (κ1) is 13.3. The minimum absolute atomic E-state index is 0.197. The number of nitrogens with one attached hydrogen (secondary N) is 1. The Kier molecular flexibility index (Phi) is 3.98. The zero-order valence-electron chi connectivity index (χ0n) is 10.7. The van der Waals surface area contributed by atoms with Gasteiger partial charge in [-0.1, -0.05) is 0 Å². The third kappa shape index (κ3) is 3.21. The van der Waals surface area contributed by atoms with E-state index in [-0.39, 0.29) is 12.6 Å². The van der Waals surface area contributed by atoms with Crippen LogP contribution in [0.15, 0.2) is 6.33 Å². The topological polar surface area (TPSA) is 100 Å². The second-order valence-corrected chi connectivity index (χ2v) is 4.54. The van der Waals surface area contributed by atoms with Crippen LogP contribution in [0.3, 0.4) is 0 Å². The molecule has 1 aromatic rings. The lowest BCUT2D eigenvalue weighted by atomic mass is 10.0. The molecule has 1 saturated heterocycles. The molecule has 2 amide bonds. The lowest BCUT2D eigenvalue weighted by molar-refractivity contribution is -0.143. The van der Waals surface area contributed by atoms with E-state index in [4.69, 9.17) is 5.11 Å². The molecule has 19 heavy (non-hydrogen) atoms. The maximum atomic E-state index is 12.0. The first-order valence-corrected chi connectivity index (χ1v) is 6.19. The molecule has 8 nitrogen and oxygen atoms in total. The first-order chi connectivity index (χ1) is 9.08. The van der Waals surface area contributed by atoms with Gasteiger partial charge in [0.15, 0.2) is 5.82 Å². The minimum Gasteiger partial charge on any atom is -0.480 e. The number of aliphatic carboxylic acids is 1. The standard InChI is InChI=1S/C11H17N5O3/c1-15-7-13-9(14-15)6-12-11(19)16-5-3-2-4-8(16)10(17)18/h7-8H,2-6H2,1H3,(H,12,19)(H,17,18). The van der Waals surface area contributed by atoms with E-state index in [0.29, 0.717) is 18.8 Å². The van der Waals surface area contributed by atoms with E-state index in [1.165, 1.54) is 4.90 Å². The fourth-order valence-electron chi connectivity index (χ4n) is 2.15. The number of hydrogen-bond donors (Lipinski definition) is 2. The summed E-state index contributed by atoms with van der Waals surface area (Å²) in [5.41, 5.74) is 0. The van der Waals surface area contributed by atoms with Crippen LogP contribution in [0.25, 0.3) is 0 Å². The number of piperidine rings is 1. The molecule has 1 unspecified atom stereocenters. The van der Waals surface area contributed by atoms with Crippen LogP contribution in [-0.4, -0.2) is 49.4 Å². The molecule has 1 fully saturated rings. The minimum atomic E-state index is -0.953. The fraction of sp³-hybridized carbons (Fsp3) is 0.636. The van der Waals surface area contributed by atoms with Crippen molar-refractivity contribution in [2.24, 2.45) is 7.05 Å². The van der Waals surface area contributed by atoms with Crippen molar-refractivity contribution >= 4 is 12.0 Å². The Morgan fingerprint density at radius 1 is 1.53 bits per heavy atom. The van der Waals surface area contributed by atoms with Crippen LogP contribution in [-0.2, 0) is 18.4 Å². The van der Waals surface area contributed by atoms with Crippen LogP contribution in [0.2, 0.25) is 0 Å². The van der Waals surface area contributed by atoms with Crippen molar-refractivity contribution in [1.82, 2.24) is 25.0 Å². The second kappa shape index (κ2) is 5.68. The Balaban J connectivity index is 1.92. The number of aromatic nitrogens is 3. The largest absolute Gasteiger partial charge is 0.480 e. The Morgan fingerprint density at radius 3 is 2.95 bits per heavy atom. The van der Waals surface area contributed by atoms with Crippen molar-refractivity contribution in [3.8, 4) is 0 Å². The molecule has 0 bridgehead atoms. The van der Waals surface area contributed by atoms with Gasteiger partial charge in [-0.05, 0) is 19.3 Å². The summed E-state index contributed by atoms with van der Waals surface area (Å²) in [4.78, 5) is 28.4. The maximum Gasteiger partial charge on any atom is 0.326 e. The van der Waals surface area contributed by atoms with Crippen molar-refractivity contribution in [2.75, 3.05) is 6.54 Å². The van der Waals surface area contributed by atoms with E-state index in [2.05, 4.69) is 15.4 Å². The van der Waals surface area contributed by atoms with Crippen LogP contribution in [0.5, 0.6) is 0 Å². The molecule has 2 N–H and O–H groups in total. The monoisotopic (exact) mass is 267 g/mol. The molecular formula is C11H17N5O3. The summed E-state index contributed by atoms with van der Waals surface area (Å²) in [5.74, 6) is -0.453. The second-order valence-electron chi connectivity index (χ2n) is 4.54. The van der Waals surface area contributed by atoms with E-state index < -0.39 is 12.0 Å². The van der Waals surface area contributed by atoms with Crippen LogP contribution in [0.1, 0.15) is 25.1 Å². The molecule has 1 aliphatic rings. The summed E-state index contributed by atoms with van der Waals surface area (Å²) in [7, 11) is 1.74. The molecule has 0 radical (unpaired) electrons. The Labute approximate surface area is 110 Å². The average molecular weight is 267 g/mol. The average Bonchev–Trinajstić information content (AvgIpc) is 2.81. The molecule has 1 aliphatic heterocycles. The molecule has 0 aromatic carbocycles. The van der Waals surface area contributed by atoms with E-state index in [1.54, 1.807) is 18.1 Å². The highest BCUT2D eigenvalue weighted by molar-refractivity contribution is 5.82. The summed E-state index contributed by atoms with van der Waals surface area (Å²) >= 11 is 0. The third-order valence-electron chi connectivity index (χ3n) is 3.09. The van der Waals surface area contributed by atoms with Gasteiger partial charge in [-0.3, -0.25) is 4.68 Å². The summed E-state index contributed by atoms with van der Waals surface area (Å²) in [6.45, 7) is 0.668. The molecule has 0 spiro atoms. The lowest BCUT2D eigenvalue weighted by Crippen LogP contribution is -2.51. The summed E-state index contributed by atoms with van der Waals surface area (Å²) in [6.07, 6.45) is 3.72. The number of carbonyl (C=O) groups is 2. The van der Waals surface area contributed by atoms with Gasteiger partial charge in [-0.15, -0.1) is 0 Å². The fourth-order valence-corrected chi connectivity index (χ4v) is 2.15. The summed E-state index contributed by atoms with van der Waals surface area (Å²) in [5, 5.41) is 15.8. The SMILES string of the molecule is Cn1cnc(CNC(=O)N2CCCCC2C(=O)O)n1. The van der Waals surface area contributed by atoms with Crippen molar-refractivity contribution in [3.05, 3.63) is 12.2 Å². The maximum absolute atomic E-state index is 12.0. The van der Waals surface area contributed by atoms with Gasteiger partial charge >= 0.3 is 12.0 Å². The van der Waals surface area contributed by atoms with Gasteiger partial charge in [-0.2, -0.15) is 5.10 Å². The molecule has 8 heteroatoms. The number of likely N-dealkylation sites (tertiary alicyclic amines) is 1. The number of amides is 2. The van der Waals surface area contributed by atoms with Gasteiger partial charge in [0.05, 0.1) is 6.54 Å². The smallest absolute Gasteiger partial charge is 0.326 e. The van der Waals surface area contributed by atoms with Gasteiger partial charge in [0.1, 0.15) is 12.4 Å². The number of carboxylic acid groups (broad SMARTS) is 1. The van der Waals surface area contributed by atoms with E-state index >= 15 is 0 Å². The lowest BCUT2D eigenvalue weighted by Gasteiger charge is -2.32. The molecule has 0 aliphatic carbocycles. The number of aryl methyl sites for hydroxylation is 1. The third-order valence-corrected chi connectivity index (χ3v) is 3.09. The van der Waals surface area contributed by atoms with Crippen molar-refractivity contribution in [2.45, 2.75) is 31.8 Å². The number of hydrogen-bond acceptors (Lipinski definition) is 4. The summed E-state index contributed by atoms with van der Waals surface area (Å²) in [6, 6.07) is -1.11. The quantitative estimate of drug-likeness (QED) is 0.800. The number of nitrogens with zero attached hydrogens (tertiary/aromatic N) is 4. The van der Waals surface area contributed by atoms with Gasteiger partial charge < -0.3 is 15.3 Å². The zero-order valence-corrected chi connectivity index (χ0v) is 10.7. The number of rotatable bonds is 3. The predicted molar refractivity (Wildman–Crippen MR) is 65.2 cm³/mol. The molecule has 1 aromatic heterocycles. The van der Waals surface area contributed by atoms with Crippen molar-refractivity contribution < 1.29 is 14.7 Å². The molecule has 0 saturated carbocycles. The normalized spacial score (nSPS) is 19.2. The summed E-state index contributed by atoms with van der Waals surface area (Å²) < 4.78 is 1.54. The highest BCUT2D eigenvalue weighted by Crippen LogP contribution is 2.17. The highest BCUT2D eigenvalue weighted by atomic mass is 16.4. The van der Waals surface area contributed by atoms with E-state index in [1.807, 2.05) is 0 Å². The molecule has 2 rings (SSSR count). The zero-order chi connectivity index (χ0) is 13.8. The van der Waals surface area contributed by atoms with E-state index in [0.717, 1.165) is 12.8 Å². The Bertz CT molecular complexity index is 473. The molecule has 2 heterocycles. The van der Waals surface area contributed by atoms with Crippen molar-refractivity contribution in [3.63, 3.8) is 0 Å². The number of urea groups is 1. The predicted octanol–water partition coefficient (Wildman–Crippen LogP) is -0.0362. The van der Waals surface area contributed by atoms with Crippen LogP contribution >= 0.6 is 0 Å². The first-order valence-electron chi connectivity index (χ1n) is 6.19. The van der Waals surface area contributed by atoms with Crippen LogP contribution < -0.4 is 5.32 Å².